The number of ketones is 1. The van der Waals surface area contributed by atoms with Crippen molar-refractivity contribution in [2.45, 2.75) is 39.7 Å². The van der Waals surface area contributed by atoms with Crippen LogP contribution in [-0.4, -0.2) is 37.0 Å². The van der Waals surface area contributed by atoms with Crippen molar-refractivity contribution in [3.8, 4) is 5.75 Å². The molecule has 0 aliphatic carbocycles. The second kappa shape index (κ2) is 11.7. The van der Waals surface area contributed by atoms with Crippen molar-refractivity contribution in [3.05, 3.63) is 93.0 Å². The third kappa shape index (κ3) is 5.36. The average molecular weight is 568 g/mol. The summed E-state index contributed by atoms with van der Waals surface area (Å²) in [6.45, 7) is 10.0. The summed E-state index contributed by atoms with van der Waals surface area (Å²) in [7, 11) is 1.41. The van der Waals surface area contributed by atoms with Gasteiger partial charge in [-0.2, -0.15) is 0 Å². The lowest BCUT2D eigenvalue weighted by atomic mass is 9.94. The number of halogens is 2. The molecule has 1 saturated heterocycles. The number of nitrogens with zero attached hydrogens (tertiary/aromatic N) is 2. The summed E-state index contributed by atoms with van der Waals surface area (Å²) in [5, 5.41) is 12.0. The van der Waals surface area contributed by atoms with Crippen LogP contribution in [0.4, 0.5) is 11.4 Å². The highest BCUT2D eigenvalue weighted by molar-refractivity contribution is 6.52. The molecule has 4 rings (SSSR count). The summed E-state index contributed by atoms with van der Waals surface area (Å²) in [5.74, 6) is -1.50. The number of rotatable bonds is 8. The fourth-order valence-electron chi connectivity index (χ4n) is 4.98. The third-order valence-electron chi connectivity index (χ3n) is 7.09. The van der Waals surface area contributed by atoms with Crippen LogP contribution in [0.15, 0.2) is 66.2 Å². The number of anilines is 2. The second-order valence-corrected chi connectivity index (χ2v) is 10.5. The Labute approximate surface area is 239 Å². The van der Waals surface area contributed by atoms with Crippen LogP contribution in [0, 0.1) is 0 Å². The van der Waals surface area contributed by atoms with Crippen LogP contribution in [-0.2, 0) is 9.59 Å². The average Bonchev–Trinajstić information content (AvgIpc) is 3.19. The van der Waals surface area contributed by atoms with Crippen LogP contribution in [0.5, 0.6) is 5.75 Å². The molecule has 1 aliphatic heterocycles. The fraction of sp³-hybridized carbons (Fsp3) is 0.290. The SMILES string of the molecule is CCN(CC)c1ccc(C2/C(=C(\O)c3cc(Cl)cc(Cl)c3OC)C(=O)C(=O)N2c2ccc(C(C)C)cc2)cc1. The zero-order valence-corrected chi connectivity index (χ0v) is 24.2. The lowest BCUT2D eigenvalue weighted by molar-refractivity contribution is -0.132. The molecule has 0 aromatic heterocycles. The molecule has 39 heavy (non-hydrogen) atoms. The minimum absolute atomic E-state index is 0.0693. The van der Waals surface area contributed by atoms with E-state index in [1.165, 1.54) is 24.1 Å². The number of aliphatic hydroxyl groups is 1. The van der Waals surface area contributed by atoms with Crippen LogP contribution in [0.1, 0.15) is 56.3 Å². The van der Waals surface area contributed by atoms with Crippen LogP contribution < -0.4 is 14.5 Å². The molecule has 1 aliphatic rings. The lowest BCUT2D eigenvalue weighted by Gasteiger charge is -2.27. The van der Waals surface area contributed by atoms with Gasteiger partial charge < -0.3 is 14.7 Å². The molecule has 3 aromatic rings. The Morgan fingerprint density at radius 3 is 2.15 bits per heavy atom. The first-order valence-electron chi connectivity index (χ1n) is 12.9. The van der Waals surface area contributed by atoms with Crippen LogP contribution in [0.2, 0.25) is 10.0 Å². The van der Waals surface area contributed by atoms with E-state index in [2.05, 4.69) is 32.6 Å². The molecule has 204 valence electrons. The number of aliphatic hydroxyl groups excluding tert-OH is 1. The number of methoxy groups -OCH3 is 1. The van der Waals surface area contributed by atoms with Crippen molar-refractivity contribution in [2.75, 3.05) is 30.0 Å². The number of Topliss-reactive ketones (excluding diaryl/α,β-unsaturated/α-hetero) is 1. The van der Waals surface area contributed by atoms with Gasteiger partial charge in [-0.3, -0.25) is 14.5 Å². The fourth-order valence-corrected chi connectivity index (χ4v) is 5.55. The molecule has 3 aromatic carbocycles. The topological polar surface area (TPSA) is 70.1 Å². The molecular weight excluding hydrogens is 535 g/mol. The summed E-state index contributed by atoms with van der Waals surface area (Å²) in [6.07, 6.45) is 0. The number of hydrogen-bond donors (Lipinski definition) is 1. The van der Waals surface area contributed by atoms with E-state index in [0.29, 0.717) is 17.2 Å². The van der Waals surface area contributed by atoms with E-state index in [1.807, 2.05) is 48.5 Å². The smallest absolute Gasteiger partial charge is 0.300 e. The van der Waals surface area contributed by atoms with Crippen molar-refractivity contribution in [1.29, 1.82) is 0 Å². The lowest BCUT2D eigenvalue weighted by Crippen LogP contribution is -2.29. The monoisotopic (exact) mass is 566 g/mol. The van der Waals surface area contributed by atoms with Gasteiger partial charge in [-0.15, -0.1) is 0 Å². The zero-order valence-electron chi connectivity index (χ0n) is 22.7. The summed E-state index contributed by atoms with van der Waals surface area (Å²) >= 11 is 12.6. The van der Waals surface area contributed by atoms with Crippen molar-refractivity contribution in [2.24, 2.45) is 0 Å². The van der Waals surface area contributed by atoms with E-state index in [4.69, 9.17) is 27.9 Å². The maximum Gasteiger partial charge on any atom is 0.300 e. The number of amides is 1. The number of carbonyl (C=O) groups excluding carboxylic acids is 2. The van der Waals surface area contributed by atoms with E-state index < -0.39 is 23.5 Å². The molecule has 1 N–H and O–H groups in total. The summed E-state index contributed by atoms with van der Waals surface area (Å²) < 4.78 is 5.43. The Morgan fingerprint density at radius 2 is 1.62 bits per heavy atom. The maximum atomic E-state index is 13.6. The molecular formula is C31H32Cl2N2O4. The summed E-state index contributed by atoms with van der Waals surface area (Å²) in [6, 6.07) is 17.3. The molecule has 0 bridgehead atoms. The molecule has 0 radical (unpaired) electrons. The molecule has 0 spiro atoms. The van der Waals surface area contributed by atoms with Gasteiger partial charge in [0, 0.05) is 29.5 Å². The quantitative estimate of drug-likeness (QED) is 0.173. The second-order valence-electron chi connectivity index (χ2n) is 9.65. The molecule has 1 amide bonds. The third-order valence-corrected chi connectivity index (χ3v) is 7.59. The van der Waals surface area contributed by atoms with E-state index in [9.17, 15) is 14.7 Å². The Kier molecular flexibility index (Phi) is 8.57. The predicted octanol–water partition coefficient (Wildman–Crippen LogP) is 7.60. The highest BCUT2D eigenvalue weighted by Gasteiger charge is 2.47. The number of hydrogen-bond acceptors (Lipinski definition) is 5. The minimum atomic E-state index is -0.886. The first-order valence-corrected chi connectivity index (χ1v) is 13.7. The van der Waals surface area contributed by atoms with Crippen LogP contribution in [0.3, 0.4) is 0 Å². The Balaban J connectivity index is 1.95. The van der Waals surface area contributed by atoms with Gasteiger partial charge >= 0.3 is 0 Å². The Hall–Kier alpha value is -3.48. The van der Waals surface area contributed by atoms with Gasteiger partial charge in [-0.05, 0) is 67.3 Å². The van der Waals surface area contributed by atoms with Gasteiger partial charge in [0.05, 0.1) is 29.3 Å². The van der Waals surface area contributed by atoms with Gasteiger partial charge in [-0.1, -0.05) is 61.3 Å². The Bertz CT molecular complexity index is 1410. The van der Waals surface area contributed by atoms with Gasteiger partial charge in [-0.25, -0.2) is 0 Å². The number of benzene rings is 3. The van der Waals surface area contributed by atoms with Gasteiger partial charge in [0.25, 0.3) is 11.7 Å². The molecule has 8 heteroatoms. The Morgan fingerprint density at radius 1 is 1.00 bits per heavy atom. The first-order chi connectivity index (χ1) is 18.6. The normalized spacial score (nSPS) is 16.7. The minimum Gasteiger partial charge on any atom is -0.507 e. The van der Waals surface area contributed by atoms with Crippen molar-refractivity contribution in [1.82, 2.24) is 0 Å². The molecule has 1 heterocycles. The molecule has 0 saturated carbocycles. The van der Waals surface area contributed by atoms with E-state index in [0.717, 1.165) is 24.3 Å². The highest BCUT2D eigenvalue weighted by atomic mass is 35.5. The van der Waals surface area contributed by atoms with Crippen LogP contribution >= 0.6 is 23.2 Å². The standard InChI is InChI=1S/C31H32Cl2N2O4/c1-6-34(7-2)22-12-10-20(11-13-22)27-26(28(36)24-16-21(32)17-25(33)30(24)39-5)29(37)31(38)35(27)23-14-8-19(9-15-23)18(3)4/h8-18,27,36H,6-7H2,1-5H3/b28-26+. The van der Waals surface area contributed by atoms with E-state index in [-0.39, 0.29) is 26.9 Å². The zero-order chi connectivity index (χ0) is 28.4. The maximum absolute atomic E-state index is 13.6. The van der Waals surface area contributed by atoms with Gasteiger partial charge in [0.1, 0.15) is 11.5 Å². The number of carbonyl (C=O) groups is 2. The van der Waals surface area contributed by atoms with Crippen LogP contribution in [0.25, 0.3) is 5.76 Å². The summed E-state index contributed by atoms with van der Waals surface area (Å²) in [5.41, 5.74) is 3.41. The molecule has 1 fully saturated rings. The summed E-state index contributed by atoms with van der Waals surface area (Å²) in [4.78, 5) is 30.8. The molecule has 6 nitrogen and oxygen atoms in total. The van der Waals surface area contributed by atoms with Crippen molar-refractivity contribution >= 4 is 52.0 Å². The highest BCUT2D eigenvalue weighted by Crippen LogP contribution is 2.45. The van der Waals surface area contributed by atoms with Crippen molar-refractivity contribution in [3.63, 3.8) is 0 Å². The number of ether oxygens (including phenoxy) is 1. The molecule has 1 atom stereocenters. The largest absolute Gasteiger partial charge is 0.507 e. The molecule has 1 unspecified atom stereocenters. The predicted molar refractivity (Wildman–Crippen MR) is 158 cm³/mol. The van der Waals surface area contributed by atoms with E-state index in [1.54, 1.807) is 0 Å². The van der Waals surface area contributed by atoms with Gasteiger partial charge in [0.2, 0.25) is 0 Å². The first kappa shape index (κ1) is 28.5. The van der Waals surface area contributed by atoms with Crippen molar-refractivity contribution < 1.29 is 19.4 Å². The van der Waals surface area contributed by atoms with Gasteiger partial charge in [0.15, 0.2) is 0 Å². The van der Waals surface area contributed by atoms with E-state index >= 15 is 0 Å².